The number of aromatic nitrogens is 5. The number of hydrogen-bond acceptors (Lipinski definition) is 5. The standard InChI is InChI=1S/C18H20F3N7O/c19-18(20,21)4-9-27-7-2-12(3-8-27)24-16(29)15-14-13(1-5-23-14)25-17(26-15)28-10-6-22-11-28/h1,5-6,10-12,23H,2-4,7-9H2,(H,24,29). The van der Waals surface area contributed by atoms with Crippen LogP contribution in [-0.2, 0) is 0 Å². The highest BCUT2D eigenvalue weighted by molar-refractivity contribution is 6.03. The number of imidazole rings is 1. The molecule has 154 valence electrons. The van der Waals surface area contributed by atoms with Gasteiger partial charge in [-0.25, -0.2) is 15.0 Å². The van der Waals surface area contributed by atoms with Crippen LogP contribution < -0.4 is 5.32 Å². The van der Waals surface area contributed by atoms with Crippen LogP contribution in [0.25, 0.3) is 17.0 Å². The van der Waals surface area contributed by atoms with E-state index in [4.69, 9.17) is 0 Å². The summed E-state index contributed by atoms with van der Waals surface area (Å²) in [7, 11) is 0. The molecule has 1 fully saturated rings. The number of piperidine rings is 1. The molecular weight excluding hydrogens is 387 g/mol. The van der Waals surface area contributed by atoms with Gasteiger partial charge in [-0.15, -0.1) is 0 Å². The van der Waals surface area contributed by atoms with E-state index in [1.807, 2.05) is 0 Å². The SMILES string of the molecule is O=C(NC1CCN(CCC(F)(F)F)CC1)c1nc(-n2ccnc2)nc2cc[nH]c12. The second-order valence-corrected chi connectivity index (χ2v) is 7.03. The number of carbonyl (C=O) groups excluding carboxylic acids is 1. The summed E-state index contributed by atoms with van der Waals surface area (Å²) in [6.07, 6.45) is 2.75. The molecule has 1 aliphatic rings. The molecule has 11 heteroatoms. The Bertz CT molecular complexity index is 975. The van der Waals surface area contributed by atoms with Gasteiger partial charge in [-0.1, -0.05) is 0 Å². The van der Waals surface area contributed by atoms with E-state index in [0.29, 0.717) is 42.9 Å². The van der Waals surface area contributed by atoms with E-state index in [2.05, 4.69) is 25.3 Å². The fraction of sp³-hybridized carbons (Fsp3) is 0.444. The minimum Gasteiger partial charge on any atom is -0.358 e. The fourth-order valence-electron chi connectivity index (χ4n) is 3.43. The van der Waals surface area contributed by atoms with Crippen LogP contribution in [0.2, 0.25) is 0 Å². The van der Waals surface area contributed by atoms with Crippen molar-refractivity contribution in [2.45, 2.75) is 31.5 Å². The monoisotopic (exact) mass is 407 g/mol. The fourth-order valence-corrected chi connectivity index (χ4v) is 3.43. The van der Waals surface area contributed by atoms with Gasteiger partial charge in [0, 0.05) is 44.3 Å². The van der Waals surface area contributed by atoms with Crippen molar-refractivity contribution in [3.05, 3.63) is 36.7 Å². The lowest BCUT2D eigenvalue weighted by molar-refractivity contribution is -0.138. The van der Waals surface area contributed by atoms with Crippen LogP contribution in [0, 0.1) is 0 Å². The van der Waals surface area contributed by atoms with E-state index in [9.17, 15) is 18.0 Å². The number of carbonyl (C=O) groups is 1. The van der Waals surface area contributed by atoms with Crippen LogP contribution >= 0.6 is 0 Å². The summed E-state index contributed by atoms with van der Waals surface area (Å²) in [5.74, 6) is -0.00308. The van der Waals surface area contributed by atoms with E-state index < -0.39 is 12.6 Å². The number of nitrogens with one attached hydrogen (secondary N) is 2. The molecule has 1 aliphatic heterocycles. The van der Waals surface area contributed by atoms with Crippen LogP contribution in [0.5, 0.6) is 0 Å². The van der Waals surface area contributed by atoms with Crippen LogP contribution in [-0.4, -0.2) is 67.2 Å². The molecule has 3 aromatic heterocycles. The molecule has 0 atom stereocenters. The summed E-state index contributed by atoms with van der Waals surface area (Å²) in [6.45, 7) is 1.03. The number of fused-ring (bicyclic) bond motifs is 1. The third-order valence-electron chi connectivity index (χ3n) is 4.98. The van der Waals surface area contributed by atoms with Gasteiger partial charge in [0.25, 0.3) is 5.91 Å². The van der Waals surface area contributed by atoms with E-state index in [1.165, 1.54) is 0 Å². The van der Waals surface area contributed by atoms with Crippen molar-refractivity contribution in [3.8, 4) is 5.95 Å². The van der Waals surface area contributed by atoms with Crippen molar-refractivity contribution >= 4 is 16.9 Å². The molecule has 3 aromatic rings. The first kappa shape index (κ1) is 19.4. The molecule has 29 heavy (non-hydrogen) atoms. The number of rotatable bonds is 5. The number of alkyl halides is 3. The minimum absolute atomic E-state index is 0.00651. The molecule has 0 bridgehead atoms. The molecule has 0 aliphatic carbocycles. The molecule has 8 nitrogen and oxygen atoms in total. The summed E-state index contributed by atoms with van der Waals surface area (Å²) in [5.41, 5.74) is 1.37. The van der Waals surface area contributed by atoms with Crippen LogP contribution in [0.1, 0.15) is 29.8 Å². The minimum atomic E-state index is -4.15. The Morgan fingerprint density at radius 2 is 2.07 bits per heavy atom. The summed E-state index contributed by atoms with van der Waals surface area (Å²) in [5, 5.41) is 2.96. The summed E-state index contributed by atoms with van der Waals surface area (Å²) >= 11 is 0. The molecule has 0 spiro atoms. The molecule has 0 unspecified atom stereocenters. The van der Waals surface area contributed by atoms with Gasteiger partial charge < -0.3 is 15.2 Å². The van der Waals surface area contributed by atoms with Crippen LogP contribution in [0.3, 0.4) is 0 Å². The smallest absolute Gasteiger partial charge is 0.358 e. The second kappa shape index (κ2) is 7.82. The lowest BCUT2D eigenvalue weighted by atomic mass is 10.0. The number of halogens is 3. The zero-order valence-corrected chi connectivity index (χ0v) is 15.5. The first-order valence-electron chi connectivity index (χ1n) is 9.32. The Kier molecular flexibility index (Phi) is 5.22. The molecule has 0 aromatic carbocycles. The Balaban J connectivity index is 1.43. The molecule has 1 amide bonds. The topological polar surface area (TPSA) is 91.7 Å². The van der Waals surface area contributed by atoms with Crippen molar-refractivity contribution < 1.29 is 18.0 Å². The maximum absolute atomic E-state index is 12.9. The van der Waals surface area contributed by atoms with Crippen molar-refractivity contribution in [3.63, 3.8) is 0 Å². The molecule has 1 saturated heterocycles. The van der Waals surface area contributed by atoms with Crippen LogP contribution in [0.4, 0.5) is 13.2 Å². The quantitative estimate of drug-likeness (QED) is 0.677. The summed E-state index contributed by atoms with van der Waals surface area (Å²) < 4.78 is 38.7. The van der Waals surface area contributed by atoms with E-state index in [1.54, 1.807) is 40.5 Å². The Hall–Kier alpha value is -2.95. The van der Waals surface area contributed by atoms with Crippen molar-refractivity contribution in [1.82, 2.24) is 34.7 Å². The zero-order valence-electron chi connectivity index (χ0n) is 15.5. The number of aromatic amines is 1. The van der Waals surface area contributed by atoms with Gasteiger partial charge >= 0.3 is 6.18 Å². The van der Waals surface area contributed by atoms with Crippen molar-refractivity contribution in [2.75, 3.05) is 19.6 Å². The maximum atomic E-state index is 12.9. The lowest BCUT2D eigenvalue weighted by Crippen LogP contribution is -2.45. The lowest BCUT2D eigenvalue weighted by Gasteiger charge is -2.32. The number of hydrogen-bond donors (Lipinski definition) is 2. The summed E-state index contributed by atoms with van der Waals surface area (Å²) in [6, 6.07) is 1.65. The van der Waals surface area contributed by atoms with E-state index in [0.717, 1.165) is 0 Å². The number of nitrogens with zero attached hydrogens (tertiary/aromatic N) is 5. The predicted octanol–water partition coefficient (Wildman–Crippen LogP) is 2.29. The Morgan fingerprint density at radius 3 is 2.76 bits per heavy atom. The molecule has 0 saturated carbocycles. The van der Waals surface area contributed by atoms with Gasteiger partial charge in [0.1, 0.15) is 6.33 Å². The first-order chi connectivity index (χ1) is 13.9. The van der Waals surface area contributed by atoms with Gasteiger partial charge in [-0.3, -0.25) is 9.36 Å². The van der Waals surface area contributed by atoms with Gasteiger partial charge in [0.2, 0.25) is 5.95 Å². The van der Waals surface area contributed by atoms with Gasteiger partial charge in [0.15, 0.2) is 5.69 Å². The largest absolute Gasteiger partial charge is 0.390 e. The highest BCUT2D eigenvalue weighted by atomic mass is 19.4. The average molecular weight is 407 g/mol. The maximum Gasteiger partial charge on any atom is 0.390 e. The van der Waals surface area contributed by atoms with Gasteiger partial charge in [-0.05, 0) is 18.9 Å². The zero-order chi connectivity index (χ0) is 20.4. The molecular formula is C18H20F3N7O. The predicted molar refractivity (Wildman–Crippen MR) is 98.6 cm³/mol. The van der Waals surface area contributed by atoms with Crippen LogP contribution in [0.15, 0.2) is 31.0 Å². The number of likely N-dealkylation sites (tertiary alicyclic amines) is 1. The molecule has 0 radical (unpaired) electrons. The highest BCUT2D eigenvalue weighted by Crippen LogP contribution is 2.22. The number of amides is 1. The molecule has 4 heterocycles. The van der Waals surface area contributed by atoms with Gasteiger partial charge in [-0.2, -0.15) is 13.2 Å². The van der Waals surface area contributed by atoms with Crippen molar-refractivity contribution in [1.29, 1.82) is 0 Å². The van der Waals surface area contributed by atoms with Gasteiger partial charge in [0.05, 0.1) is 17.5 Å². The molecule has 4 rings (SSSR count). The Morgan fingerprint density at radius 1 is 1.28 bits per heavy atom. The van der Waals surface area contributed by atoms with Crippen molar-refractivity contribution in [2.24, 2.45) is 0 Å². The summed E-state index contributed by atoms with van der Waals surface area (Å²) in [4.78, 5) is 30.4. The number of H-pyrrole nitrogens is 1. The third-order valence-corrected chi connectivity index (χ3v) is 4.98. The van der Waals surface area contributed by atoms with E-state index >= 15 is 0 Å². The highest BCUT2D eigenvalue weighted by Gasteiger charge is 2.29. The van der Waals surface area contributed by atoms with E-state index in [-0.39, 0.29) is 24.2 Å². The Labute approximate surface area is 164 Å². The third kappa shape index (κ3) is 4.56. The average Bonchev–Trinajstić information content (AvgIpc) is 3.37. The first-order valence-corrected chi connectivity index (χ1v) is 9.32. The normalized spacial score (nSPS) is 16.4. The second-order valence-electron chi connectivity index (χ2n) is 7.03. The molecule has 2 N–H and O–H groups in total.